The van der Waals surface area contributed by atoms with Crippen molar-refractivity contribution < 1.29 is 38.4 Å². The highest BCUT2D eigenvalue weighted by atomic mass is 16.2. The molecule has 5 N–H and O–H groups in total. The van der Waals surface area contributed by atoms with Crippen molar-refractivity contribution >= 4 is 46.9 Å². The fraction of sp³-hybridized carbons (Fsp3) is 0.522. The number of benzene rings is 4. The summed E-state index contributed by atoms with van der Waals surface area (Å²) in [7, 11) is 1.66. The number of ketones is 3. The third-order valence-electron chi connectivity index (χ3n) is 17.7. The van der Waals surface area contributed by atoms with E-state index in [0.29, 0.717) is 30.5 Å². The number of carbonyl (C=O) groups is 8. The van der Waals surface area contributed by atoms with Crippen LogP contribution in [0.15, 0.2) is 91.0 Å². The molecule has 4 aliphatic rings. The van der Waals surface area contributed by atoms with Crippen LogP contribution in [0.4, 0.5) is 0 Å². The number of Topliss-reactive ketones (excluding diaryl/α,β-unsaturated/α-hetero) is 3. The van der Waals surface area contributed by atoms with Gasteiger partial charge in [-0.05, 0) is 140 Å². The molecule has 0 spiro atoms. The Morgan fingerprint density at radius 1 is 0.671 bits per heavy atom. The highest BCUT2D eigenvalue weighted by Gasteiger charge is 2.47. The number of rotatable bonds is 20. The van der Waals surface area contributed by atoms with Crippen LogP contribution in [0, 0.1) is 16.7 Å². The summed E-state index contributed by atoms with van der Waals surface area (Å²) in [6.45, 7) is 17.8. The predicted octanol–water partition coefficient (Wildman–Crippen LogP) is 8.10. The predicted molar refractivity (Wildman–Crippen MR) is 318 cm³/mol. The Morgan fingerprint density at radius 3 is 1.98 bits per heavy atom. The molecule has 1 saturated heterocycles. The lowest BCUT2D eigenvalue weighted by molar-refractivity contribution is -0.149. The fourth-order valence-corrected chi connectivity index (χ4v) is 12.7. The lowest BCUT2D eigenvalue weighted by Crippen LogP contribution is -2.59. The van der Waals surface area contributed by atoms with Crippen molar-refractivity contribution in [1.29, 1.82) is 0 Å². The fourth-order valence-electron chi connectivity index (χ4n) is 12.7. The van der Waals surface area contributed by atoms with Gasteiger partial charge < -0.3 is 36.4 Å². The zero-order chi connectivity index (χ0) is 59.2. The van der Waals surface area contributed by atoms with Crippen LogP contribution in [0.3, 0.4) is 0 Å². The second kappa shape index (κ2) is 26.2. The van der Waals surface area contributed by atoms with Crippen LogP contribution in [-0.4, -0.2) is 113 Å². The standard InChI is InChI=1S/C67H87N7O8/c1-11-69-40(2)57(75)37-53(66(4,5)6)64(81)73-38-49-32-42(26-27-47(49)34-55(73)59(77)35-48-22-16-20-43-18-12-14-23-51(43)48)33-58(76)45-28-30-46(31-29-45)62(79)70-50-36-56(63(80)71-54-25-17-21-44-19-13-15-24-52(44)54)74(39-50)65(82)60(67(7,8)9)72-61(78)41(3)68-10/h12-15,18-19,23-24,26-32,40-41,48,50,53-56,60,68-69H,11,16-17,20-22,25,33-39H2,1-10H3,(H,70,79)(H,71,80)(H,72,78)/t40-,41-,48-,50?,53+,54?,55?,56?,60+/m0/s1. The third kappa shape index (κ3) is 14.3. The van der Waals surface area contributed by atoms with Gasteiger partial charge in [0.1, 0.15) is 17.9 Å². The Balaban J connectivity index is 0.973. The summed E-state index contributed by atoms with van der Waals surface area (Å²) >= 11 is 0. The molecule has 2 heterocycles. The van der Waals surface area contributed by atoms with E-state index < -0.39 is 64.8 Å². The van der Waals surface area contributed by atoms with Crippen molar-refractivity contribution in [2.45, 2.75) is 188 Å². The average Bonchev–Trinajstić information content (AvgIpc) is 4.00. The summed E-state index contributed by atoms with van der Waals surface area (Å²) in [6.07, 6.45) is 6.32. The summed E-state index contributed by atoms with van der Waals surface area (Å²) in [5.41, 5.74) is 6.63. The molecule has 1 fully saturated rings. The Hall–Kier alpha value is -6.84. The first-order chi connectivity index (χ1) is 38.9. The van der Waals surface area contributed by atoms with Crippen molar-refractivity contribution in [2.24, 2.45) is 16.7 Å². The maximum atomic E-state index is 15.1. The van der Waals surface area contributed by atoms with Crippen LogP contribution in [0.5, 0.6) is 0 Å². The molecule has 0 aromatic heterocycles. The van der Waals surface area contributed by atoms with E-state index in [9.17, 15) is 33.6 Å². The van der Waals surface area contributed by atoms with Crippen LogP contribution >= 0.6 is 0 Å². The van der Waals surface area contributed by atoms with Gasteiger partial charge in [-0.3, -0.25) is 38.4 Å². The molecule has 2 aliphatic heterocycles. The van der Waals surface area contributed by atoms with Gasteiger partial charge in [-0.1, -0.05) is 127 Å². The normalized spacial score (nSPS) is 21.1. The first kappa shape index (κ1) is 61.2. The van der Waals surface area contributed by atoms with E-state index in [0.717, 1.165) is 60.8 Å². The second-order valence-electron chi connectivity index (χ2n) is 25.7. The van der Waals surface area contributed by atoms with Gasteiger partial charge in [0.25, 0.3) is 5.91 Å². The van der Waals surface area contributed by atoms with E-state index >= 15 is 4.79 Å². The molecule has 4 aromatic rings. The van der Waals surface area contributed by atoms with Crippen LogP contribution in [0.25, 0.3) is 0 Å². The SMILES string of the molecule is CCN[C@@H](C)C(=O)C[C@H](C(=O)N1Cc2cc(CC(=O)c3ccc(C(=O)NC4CC(C(=O)NC5CCCc6ccccc65)N(C(=O)[C@@H](NC(=O)[C@H](C)NC)C(C)(C)C)C4)cc3)ccc2CC1C(=O)C[C@@H]1CCCc2ccccc21)C(C)(C)C. The molecule has 8 rings (SSSR count). The van der Waals surface area contributed by atoms with Crippen LogP contribution in [-0.2, 0) is 61.0 Å². The van der Waals surface area contributed by atoms with Gasteiger partial charge in [0.2, 0.25) is 23.6 Å². The molecular weight excluding hydrogens is 1030 g/mol. The molecule has 5 amide bonds. The Labute approximate surface area is 485 Å². The molecule has 438 valence electrons. The van der Waals surface area contributed by atoms with E-state index in [2.05, 4.69) is 44.8 Å². The lowest BCUT2D eigenvalue weighted by atomic mass is 9.75. The number of likely N-dealkylation sites (N-methyl/N-ethyl adjacent to an activating group) is 2. The topological polar surface area (TPSA) is 203 Å². The van der Waals surface area contributed by atoms with E-state index in [4.69, 9.17) is 0 Å². The summed E-state index contributed by atoms with van der Waals surface area (Å²) in [6, 6.07) is 24.2. The molecule has 15 heteroatoms. The molecule has 2 aliphatic carbocycles. The number of amides is 5. The second-order valence-corrected chi connectivity index (χ2v) is 25.7. The molecule has 9 atom stereocenters. The molecule has 4 unspecified atom stereocenters. The summed E-state index contributed by atoms with van der Waals surface area (Å²) in [4.78, 5) is 117. The van der Waals surface area contributed by atoms with Crippen LogP contribution in [0.2, 0.25) is 0 Å². The Bertz CT molecular complexity index is 3030. The van der Waals surface area contributed by atoms with Gasteiger partial charge in [0.05, 0.1) is 24.2 Å². The van der Waals surface area contributed by atoms with Crippen molar-refractivity contribution in [3.05, 3.63) is 141 Å². The van der Waals surface area contributed by atoms with E-state index in [1.807, 2.05) is 104 Å². The Kier molecular flexibility index (Phi) is 19.5. The van der Waals surface area contributed by atoms with Gasteiger partial charge in [0, 0.05) is 61.9 Å². The van der Waals surface area contributed by atoms with Crippen LogP contribution < -0.4 is 26.6 Å². The quantitative estimate of drug-likeness (QED) is 0.0539. The molecule has 82 heavy (non-hydrogen) atoms. The highest BCUT2D eigenvalue weighted by Crippen LogP contribution is 2.39. The Morgan fingerprint density at radius 2 is 1.32 bits per heavy atom. The summed E-state index contributed by atoms with van der Waals surface area (Å²) in [5, 5.41) is 15.3. The minimum Gasteiger partial charge on any atom is -0.347 e. The number of hydrogen-bond acceptors (Lipinski definition) is 10. The maximum absolute atomic E-state index is 15.1. The number of fused-ring (bicyclic) bond motifs is 3. The number of aryl methyl sites for hydroxylation is 2. The van der Waals surface area contributed by atoms with Crippen molar-refractivity contribution in [2.75, 3.05) is 20.1 Å². The smallest absolute Gasteiger partial charge is 0.251 e. The number of hydrogen-bond donors (Lipinski definition) is 5. The number of nitrogens with one attached hydrogen (secondary N) is 5. The van der Waals surface area contributed by atoms with Crippen LogP contribution in [0.1, 0.15) is 179 Å². The zero-order valence-electron chi connectivity index (χ0n) is 49.9. The molecule has 0 saturated carbocycles. The molecular formula is C67H87N7O8. The van der Waals surface area contributed by atoms with Crippen molar-refractivity contribution in [3.63, 3.8) is 0 Å². The molecule has 4 aromatic carbocycles. The highest BCUT2D eigenvalue weighted by molar-refractivity contribution is 6.00. The number of carbonyl (C=O) groups excluding carboxylic acids is 8. The molecule has 15 nitrogen and oxygen atoms in total. The van der Waals surface area contributed by atoms with Gasteiger partial charge >= 0.3 is 0 Å². The van der Waals surface area contributed by atoms with Gasteiger partial charge in [-0.25, -0.2) is 0 Å². The van der Waals surface area contributed by atoms with E-state index in [1.54, 1.807) is 43.1 Å². The number of nitrogens with zero attached hydrogens (tertiary/aromatic N) is 2. The minimum absolute atomic E-state index is 0.0113. The van der Waals surface area contributed by atoms with Gasteiger partial charge in [0.15, 0.2) is 11.6 Å². The maximum Gasteiger partial charge on any atom is 0.251 e. The van der Waals surface area contributed by atoms with Crippen molar-refractivity contribution in [1.82, 2.24) is 36.4 Å². The third-order valence-corrected chi connectivity index (χ3v) is 17.7. The largest absolute Gasteiger partial charge is 0.347 e. The molecule has 0 bridgehead atoms. The van der Waals surface area contributed by atoms with E-state index in [1.165, 1.54) is 21.6 Å². The lowest BCUT2D eigenvalue weighted by Gasteiger charge is -2.41. The van der Waals surface area contributed by atoms with Gasteiger partial charge in [-0.2, -0.15) is 0 Å². The number of likely N-dealkylation sites (tertiary alicyclic amines) is 1. The van der Waals surface area contributed by atoms with Gasteiger partial charge in [-0.15, -0.1) is 0 Å². The monoisotopic (exact) mass is 1120 g/mol. The minimum atomic E-state index is -0.967. The first-order valence-corrected chi connectivity index (χ1v) is 29.8. The zero-order valence-corrected chi connectivity index (χ0v) is 49.9. The van der Waals surface area contributed by atoms with Crippen molar-refractivity contribution in [3.8, 4) is 0 Å². The molecule has 0 radical (unpaired) electrons. The van der Waals surface area contributed by atoms with E-state index in [-0.39, 0.29) is 79.4 Å². The average molecular weight is 1120 g/mol. The first-order valence-electron chi connectivity index (χ1n) is 29.8. The summed E-state index contributed by atoms with van der Waals surface area (Å²) in [5.74, 6) is -2.58. The summed E-state index contributed by atoms with van der Waals surface area (Å²) < 4.78 is 0.